The minimum atomic E-state index is -1.06. The van der Waals surface area contributed by atoms with Crippen LogP contribution in [0.2, 0.25) is 0 Å². The van der Waals surface area contributed by atoms with Crippen molar-refractivity contribution in [3.8, 4) is 5.75 Å². The number of amidine groups is 1. The lowest BCUT2D eigenvalue weighted by molar-refractivity contribution is -0.192. The Hall–Kier alpha value is -1.81. The van der Waals surface area contributed by atoms with E-state index in [1.165, 1.54) is 16.7 Å². The topological polar surface area (TPSA) is 89.8 Å². The Morgan fingerprint density at radius 2 is 1.85 bits per heavy atom. The van der Waals surface area contributed by atoms with Gasteiger partial charge in [0.15, 0.2) is 5.17 Å². The number of aliphatic hydroxyl groups is 1. The monoisotopic (exact) mass is 480 g/mol. The first-order valence-electron chi connectivity index (χ1n) is 11.1. The molecule has 2 heterocycles. The van der Waals surface area contributed by atoms with Crippen LogP contribution in [-0.2, 0) is 20.8 Å². The van der Waals surface area contributed by atoms with Crippen LogP contribution in [0.25, 0.3) is 0 Å². The molecule has 0 aliphatic carbocycles. The van der Waals surface area contributed by atoms with Crippen molar-refractivity contribution in [3.05, 3.63) is 29.8 Å². The number of ether oxygens (including phenoxy) is 4. The van der Waals surface area contributed by atoms with E-state index in [1.807, 2.05) is 52.0 Å². The van der Waals surface area contributed by atoms with Crippen LogP contribution >= 0.6 is 11.8 Å². The number of benzene rings is 1. The molecule has 0 spiro atoms. The van der Waals surface area contributed by atoms with Gasteiger partial charge in [-0.15, -0.1) is 0 Å². The summed E-state index contributed by atoms with van der Waals surface area (Å²) in [6.07, 6.45) is -1.23. The summed E-state index contributed by atoms with van der Waals surface area (Å²) in [6, 6.07) is 7.39. The van der Waals surface area contributed by atoms with Crippen molar-refractivity contribution in [2.45, 2.75) is 83.0 Å². The van der Waals surface area contributed by atoms with Crippen molar-refractivity contribution in [2.24, 2.45) is 10.9 Å². The summed E-state index contributed by atoms with van der Waals surface area (Å²) in [5.41, 5.74) is -1.04. The van der Waals surface area contributed by atoms with Gasteiger partial charge in [0.2, 0.25) is 0 Å². The van der Waals surface area contributed by atoms with Crippen molar-refractivity contribution in [1.82, 2.24) is 4.90 Å². The molecule has 1 aromatic rings. The number of nitrogens with zero attached hydrogens (tertiary/aromatic N) is 2. The third kappa shape index (κ3) is 6.20. The molecule has 1 fully saturated rings. The van der Waals surface area contributed by atoms with E-state index in [2.05, 4.69) is 0 Å². The van der Waals surface area contributed by atoms with Gasteiger partial charge in [-0.05, 0) is 52.3 Å². The highest BCUT2D eigenvalue weighted by atomic mass is 32.2. The van der Waals surface area contributed by atoms with Crippen LogP contribution in [0.3, 0.4) is 0 Å². The van der Waals surface area contributed by atoms with E-state index in [-0.39, 0.29) is 23.5 Å². The lowest BCUT2D eigenvalue weighted by Gasteiger charge is -2.45. The first-order valence-corrected chi connectivity index (χ1v) is 12.0. The number of thioether (sulfide) groups is 1. The predicted octanol–water partition coefficient (Wildman–Crippen LogP) is 4.05. The predicted molar refractivity (Wildman–Crippen MR) is 129 cm³/mol. The normalized spacial score (nSPS) is 27.5. The van der Waals surface area contributed by atoms with Crippen molar-refractivity contribution in [3.63, 3.8) is 0 Å². The third-order valence-corrected chi connectivity index (χ3v) is 6.84. The van der Waals surface area contributed by atoms with Crippen LogP contribution in [0.1, 0.15) is 47.1 Å². The summed E-state index contributed by atoms with van der Waals surface area (Å²) < 4.78 is 23.4. The van der Waals surface area contributed by atoms with Crippen molar-refractivity contribution < 1.29 is 28.8 Å². The first kappa shape index (κ1) is 25.8. The summed E-state index contributed by atoms with van der Waals surface area (Å²) in [5, 5.41) is 11.3. The average molecular weight is 481 g/mol. The maximum absolute atomic E-state index is 12.6. The van der Waals surface area contributed by atoms with Gasteiger partial charge in [0.05, 0.1) is 31.5 Å². The lowest BCUT2D eigenvalue weighted by atomic mass is 9.82. The van der Waals surface area contributed by atoms with Gasteiger partial charge in [-0.1, -0.05) is 30.8 Å². The fourth-order valence-electron chi connectivity index (χ4n) is 4.03. The molecule has 0 bridgehead atoms. The molecule has 3 rings (SSSR count). The van der Waals surface area contributed by atoms with Gasteiger partial charge < -0.3 is 24.1 Å². The average Bonchev–Trinajstić information content (AvgIpc) is 3.14. The number of hydrogen-bond donors (Lipinski definition) is 1. The molecule has 8 nitrogen and oxygen atoms in total. The van der Waals surface area contributed by atoms with Gasteiger partial charge in [0.25, 0.3) is 0 Å². The molecular weight excluding hydrogens is 444 g/mol. The van der Waals surface area contributed by atoms with Crippen LogP contribution in [0.5, 0.6) is 5.75 Å². The van der Waals surface area contributed by atoms with Crippen LogP contribution < -0.4 is 4.74 Å². The molecule has 1 saturated heterocycles. The van der Waals surface area contributed by atoms with Crippen molar-refractivity contribution >= 4 is 23.0 Å². The summed E-state index contributed by atoms with van der Waals surface area (Å²) in [4.78, 5) is 18.8. The van der Waals surface area contributed by atoms with E-state index in [1.54, 1.807) is 28.0 Å². The minimum Gasteiger partial charge on any atom is -0.497 e. The number of hydrogen-bond acceptors (Lipinski definition) is 8. The third-order valence-electron chi connectivity index (χ3n) is 5.63. The van der Waals surface area contributed by atoms with E-state index < -0.39 is 23.4 Å². The molecule has 2 aliphatic heterocycles. The molecule has 9 heteroatoms. The molecule has 0 saturated carbocycles. The quantitative estimate of drug-likeness (QED) is 0.680. The molecule has 33 heavy (non-hydrogen) atoms. The Kier molecular flexibility index (Phi) is 7.68. The second-order valence-electron chi connectivity index (χ2n) is 10.1. The second-order valence-corrected chi connectivity index (χ2v) is 11.2. The summed E-state index contributed by atoms with van der Waals surface area (Å²) >= 11 is 1.35. The highest BCUT2D eigenvalue weighted by molar-refractivity contribution is 8.14. The smallest absolute Gasteiger partial charge is 0.416 e. The van der Waals surface area contributed by atoms with Gasteiger partial charge in [-0.3, -0.25) is 9.89 Å². The Morgan fingerprint density at radius 3 is 2.39 bits per heavy atom. The van der Waals surface area contributed by atoms with Crippen molar-refractivity contribution in [1.29, 1.82) is 0 Å². The summed E-state index contributed by atoms with van der Waals surface area (Å²) in [6.45, 7) is 11.3. The highest BCUT2D eigenvalue weighted by Crippen LogP contribution is 2.43. The van der Waals surface area contributed by atoms with E-state index >= 15 is 0 Å². The first-order chi connectivity index (χ1) is 15.3. The largest absolute Gasteiger partial charge is 0.497 e. The molecule has 1 N–H and O–H groups in total. The van der Waals surface area contributed by atoms with Gasteiger partial charge in [0.1, 0.15) is 22.8 Å². The molecule has 0 unspecified atom stereocenters. The van der Waals surface area contributed by atoms with Gasteiger partial charge in [0, 0.05) is 13.0 Å². The summed E-state index contributed by atoms with van der Waals surface area (Å²) in [7, 11) is 3.27. The zero-order valence-electron chi connectivity index (χ0n) is 20.7. The molecule has 0 radical (unpaired) electrons. The number of methoxy groups -OCH3 is 1. The zero-order chi connectivity index (χ0) is 24.6. The molecule has 1 amide bonds. The molecular formula is C24H36N2O6S. The van der Waals surface area contributed by atoms with E-state index in [9.17, 15) is 9.90 Å². The number of carbonyl (C=O) groups excluding carboxylic acids is 1. The second kappa shape index (κ2) is 9.82. The van der Waals surface area contributed by atoms with Gasteiger partial charge in [-0.25, -0.2) is 4.79 Å². The fraction of sp³-hybridized carbons (Fsp3) is 0.667. The number of fused-ring (bicyclic) bond motifs is 1. The van der Waals surface area contributed by atoms with Crippen LogP contribution in [0.15, 0.2) is 29.3 Å². The van der Waals surface area contributed by atoms with E-state index in [0.29, 0.717) is 11.8 Å². The zero-order valence-corrected chi connectivity index (χ0v) is 21.5. The van der Waals surface area contributed by atoms with Crippen LogP contribution in [-0.4, -0.2) is 70.3 Å². The molecule has 1 aromatic carbocycles. The highest BCUT2D eigenvalue weighted by Gasteiger charge is 2.52. The van der Waals surface area contributed by atoms with E-state index in [4.69, 9.17) is 23.9 Å². The standard InChI is InChI=1S/C24H36N2O6S/c1-14-18(30-13-15-9-11-16(29-8)12-10-15)17-20(31-19(14)24(5,6)28)33-21(25-17)26(7)22(27)32-23(2,3)4/h9-12,14,17-20,28H,13H2,1-8H3/t14-,17+,18-,19-,20+/m0/s1. The van der Waals surface area contributed by atoms with Crippen LogP contribution in [0.4, 0.5) is 4.79 Å². The molecule has 184 valence electrons. The van der Waals surface area contributed by atoms with Gasteiger partial charge in [-0.2, -0.15) is 0 Å². The molecule has 2 aliphatic rings. The van der Waals surface area contributed by atoms with E-state index in [0.717, 1.165) is 11.3 Å². The minimum absolute atomic E-state index is 0.125. The number of carbonyl (C=O) groups is 1. The maximum Gasteiger partial charge on any atom is 0.416 e. The Morgan fingerprint density at radius 1 is 1.21 bits per heavy atom. The lowest BCUT2D eigenvalue weighted by Crippen LogP contribution is -2.57. The summed E-state index contributed by atoms with van der Waals surface area (Å²) in [5.74, 6) is 0.659. The molecule has 0 aromatic heterocycles. The number of rotatable bonds is 5. The van der Waals surface area contributed by atoms with Crippen LogP contribution in [0, 0.1) is 5.92 Å². The Bertz CT molecular complexity index is 861. The Labute approximate surface area is 200 Å². The number of aliphatic imine (C=N–C) groups is 1. The maximum atomic E-state index is 12.6. The SMILES string of the molecule is COc1ccc(CO[C@H]2[C@H](C)[C@@H](C(C)(C)O)O[C@@H]3SC(N(C)C(=O)OC(C)(C)C)=N[C@H]23)cc1. The van der Waals surface area contributed by atoms with Crippen molar-refractivity contribution in [2.75, 3.05) is 14.2 Å². The van der Waals surface area contributed by atoms with Gasteiger partial charge >= 0.3 is 6.09 Å². The fourth-order valence-corrected chi connectivity index (χ4v) is 5.18. The number of amides is 1. The Balaban J connectivity index is 1.80. The molecule has 5 atom stereocenters.